The highest BCUT2D eigenvalue weighted by Crippen LogP contribution is 2.22. The number of aromatic amines is 1. The predicted octanol–water partition coefficient (Wildman–Crippen LogP) is 2.90. The summed E-state index contributed by atoms with van der Waals surface area (Å²) in [5.74, 6) is 0. The standard InChI is InChI=1S/C9H5BrINO/c10-7-8(11)5-3-1-2-4-6(5)12-9(7)13/h1-4H,(H,12,13). The highest BCUT2D eigenvalue weighted by atomic mass is 127. The Morgan fingerprint density at radius 1 is 1.31 bits per heavy atom. The zero-order chi connectivity index (χ0) is 9.42. The second-order valence-corrected chi connectivity index (χ2v) is 4.50. The SMILES string of the molecule is O=c1[nH]c2ccccc2c(I)c1Br. The molecule has 0 saturated heterocycles. The number of rotatable bonds is 0. The molecule has 0 fully saturated rings. The van der Waals surface area contributed by atoms with Crippen LogP contribution in [0.2, 0.25) is 0 Å². The minimum Gasteiger partial charge on any atom is -0.321 e. The smallest absolute Gasteiger partial charge is 0.263 e. The molecule has 2 rings (SSSR count). The van der Waals surface area contributed by atoms with E-state index in [4.69, 9.17) is 0 Å². The highest BCUT2D eigenvalue weighted by molar-refractivity contribution is 14.1. The van der Waals surface area contributed by atoms with E-state index in [-0.39, 0.29) is 5.56 Å². The first-order valence-electron chi connectivity index (χ1n) is 3.66. The quantitative estimate of drug-likeness (QED) is 0.729. The Balaban J connectivity index is 3.02. The zero-order valence-corrected chi connectivity index (χ0v) is 10.2. The highest BCUT2D eigenvalue weighted by Gasteiger charge is 2.05. The van der Waals surface area contributed by atoms with Crippen molar-refractivity contribution in [2.45, 2.75) is 0 Å². The van der Waals surface area contributed by atoms with Gasteiger partial charge in [0.05, 0.1) is 4.47 Å². The van der Waals surface area contributed by atoms with Crippen LogP contribution < -0.4 is 5.56 Å². The number of aromatic nitrogens is 1. The summed E-state index contributed by atoms with van der Waals surface area (Å²) in [6.45, 7) is 0. The summed E-state index contributed by atoms with van der Waals surface area (Å²) in [7, 11) is 0. The number of pyridine rings is 1. The second-order valence-electron chi connectivity index (χ2n) is 2.63. The fraction of sp³-hybridized carbons (Fsp3) is 0. The topological polar surface area (TPSA) is 32.9 Å². The molecule has 1 N–H and O–H groups in total. The van der Waals surface area contributed by atoms with E-state index in [1.165, 1.54) is 0 Å². The summed E-state index contributed by atoms with van der Waals surface area (Å²) in [6.07, 6.45) is 0. The van der Waals surface area contributed by atoms with Gasteiger partial charge >= 0.3 is 0 Å². The molecule has 0 aliphatic rings. The summed E-state index contributed by atoms with van der Waals surface area (Å²) in [4.78, 5) is 14.1. The number of nitrogens with one attached hydrogen (secondary N) is 1. The number of para-hydroxylation sites is 1. The second kappa shape index (κ2) is 3.42. The first-order chi connectivity index (χ1) is 6.20. The molecule has 1 heterocycles. The maximum absolute atomic E-state index is 11.3. The molecule has 0 bridgehead atoms. The van der Waals surface area contributed by atoms with Gasteiger partial charge in [0.15, 0.2) is 0 Å². The summed E-state index contributed by atoms with van der Waals surface area (Å²) < 4.78 is 1.56. The van der Waals surface area contributed by atoms with Crippen LogP contribution in [0.5, 0.6) is 0 Å². The minimum absolute atomic E-state index is 0.0805. The van der Waals surface area contributed by atoms with Gasteiger partial charge in [0.25, 0.3) is 5.56 Å². The lowest BCUT2D eigenvalue weighted by molar-refractivity contribution is 1.27. The molecule has 66 valence electrons. The molecule has 0 saturated carbocycles. The predicted molar refractivity (Wildman–Crippen MR) is 65.0 cm³/mol. The van der Waals surface area contributed by atoms with Gasteiger partial charge in [-0.15, -0.1) is 0 Å². The van der Waals surface area contributed by atoms with Crippen LogP contribution in [0.3, 0.4) is 0 Å². The molecule has 0 atom stereocenters. The Hall–Kier alpha value is -0.360. The third-order valence-electron chi connectivity index (χ3n) is 1.80. The van der Waals surface area contributed by atoms with E-state index in [0.717, 1.165) is 14.5 Å². The first kappa shape index (κ1) is 9.21. The van der Waals surface area contributed by atoms with Crippen molar-refractivity contribution in [3.63, 3.8) is 0 Å². The van der Waals surface area contributed by atoms with Crippen LogP contribution in [0.25, 0.3) is 10.9 Å². The number of fused-ring (bicyclic) bond motifs is 1. The molecular formula is C9H5BrINO. The van der Waals surface area contributed by atoms with E-state index in [9.17, 15) is 4.79 Å². The van der Waals surface area contributed by atoms with Gasteiger partial charge in [0.1, 0.15) is 0 Å². The molecule has 2 nitrogen and oxygen atoms in total. The van der Waals surface area contributed by atoms with Gasteiger partial charge in [-0.3, -0.25) is 4.79 Å². The lowest BCUT2D eigenvalue weighted by Crippen LogP contribution is -2.08. The fourth-order valence-electron chi connectivity index (χ4n) is 1.18. The van der Waals surface area contributed by atoms with E-state index in [1.54, 1.807) is 0 Å². The number of benzene rings is 1. The number of H-pyrrole nitrogens is 1. The molecule has 1 aromatic heterocycles. The molecule has 13 heavy (non-hydrogen) atoms. The summed E-state index contributed by atoms with van der Waals surface area (Å²) >= 11 is 5.41. The first-order valence-corrected chi connectivity index (χ1v) is 5.53. The van der Waals surface area contributed by atoms with Crippen molar-refractivity contribution in [2.75, 3.05) is 0 Å². The molecule has 4 heteroatoms. The molecule has 0 aliphatic carbocycles. The molecule has 1 aromatic carbocycles. The zero-order valence-electron chi connectivity index (χ0n) is 6.47. The average molecular weight is 350 g/mol. The van der Waals surface area contributed by atoms with Gasteiger partial charge in [0.2, 0.25) is 0 Å². The van der Waals surface area contributed by atoms with E-state index in [1.807, 2.05) is 24.3 Å². The van der Waals surface area contributed by atoms with E-state index >= 15 is 0 Å². The van der Waals surface area contributed by atoms with Gasteiger partial charge in [0, 0.05) is 14.5 Å². The summed E-state index contributed by atoms with van der Waals surface area (Å²) in [5, 5.41) is 1.06. The molecular weight excluding hydrogens is 345 g/mol. The number of hydrogen-bond donors (Lipinski definition) is 1. The Labute approximate surface area is 96.6 Å². The Bertz CT molecular complexity index is 520. The maximum atomic E-state index is 11.3. The van der Waals surface area contributed by atoms with Gasteiger partial charge in [-0.05, 0) is 44.6 Å². The Morgan fingerprint density at radius 3 is 2.77 bits per heavy atom. The third-order valence-corrected chi connectivity index (χ3v) is 4.42. The molecule has 0 radical (unpaired) electrons. The molecule has 0 amide bonds. The van der Waals surface area contributed by atoms with E-state index in [0.29, 0.717) is 4.47 Å². The number of hydrogen-bond acceptors (Lipinski definition) is 1. The van der Waals surface area contributed by atoms with Crippen LogP contribution in [0, 0.1) is 3.57 Å². The van der Waals surface area contributed by atoms with Crippen LogP contribution >= 0.6 is 38.5 Å². The summed E-state index contributed by atoms with van der Waals surface area (Å²) in [5.41, 5.74) is 0.795. The van der Waals surface area contributed by atoms with Crippen LogP contribution in [0.4, 0.5) is 0 Å². The maximum Gasteiger partial charge on any atom is 0.263 e. The fourth-order valence-corrected chi connectivity index (χ4v) is 2.21. The minimum atomic E-state index is -0.0805. The Morgan fingerprint density at radius 2 is 2.00 bits per heavy atom. The van der Waals surface area contributed by atoms with Crippen LogP contribution in [-0.4, -0.2) is 4.98 Å². The van der Waals surface area contributed by atoms with Crippen molar-refractivity contribution >= 4 is 49.4 Å². The molecule has 0 aliphatic heterocycles. The van der Waals surface area contributed by atoms with Gasteiger partial charge < -0.3 is 4.98 Å². The normalized spacial score (nSPS) is 10.6. The van der Waals surface area contributed by atoms with Crippen molar-refractivity contribution in [3.8, 4) is 0 Å². The van der Waals surface area contributed by atoms with Crippen LogP contribution in [0.15, 0.2) is 33.5 Å². The number of halogens is 2. The molecule has 0 spiro atoms. The van der Waals surface area contributed by atoms with Crippen molar-refractivity contribution < 1.29 is 0 Å². The largest absolute Gasteiger partial charge is 0.321 e. The van der Waals surface area contributed by atoms with Crippen molar-refractivity contribution in [1.82, 2.24) is 4.98 Å². The van der Waals surface area contributed by atoms with Crippen molar-refractivity contribution in [2.24, 2.45) is 0 Å². The van der Waals surface area contributed by atoms with Gasteiger partial charge in [-0.2, -0.15) is 0 Å². The third kappa shape index (κ3) is 1.52. The lowest BCUT2D eigenvalue weighted by atomic mass is 10.2. The lowest BCUT2D eigenvalue weighted by Gasteiger charge is -2.01. The van der Waals surface area contributed by atoms with Gasteiger partial charge in [-0.1, -0.05) is 18.2 Å². The van der Waals surface area contributed by atoms with E-state index in [2.05, 4.69) is 43.5 Å². The van der Waals surface area contributed by atoms with Crippen molar-refractivity contribution in [1.29, 1.82) is 0 Å². The van der Waals surface area contributed by atoms with Crippen LogP contribution in [0.1, 0.15) is 0 Å². The van der Waals surface area contributed by atoms with Crippen LogP contribution in [-0.2, 0) is 0 Å². The molecule has 2 aromatic rings. The molecule has 0 unspecified atom stereocenters. The van der Waals surface area contributed by atoms with Gasteiger partial charge in [-0.25, -0.2) is 0 Å². The van der Waals surface area contributed by atoms with E-state index < -0.39 is 0 Å². The average Bonchev–Trinajstić information content (AvgIpc) is 2.15. The Kier molecular flexibility index (Phi) is 2.42. The summed E-state index contributed by atoms with van der Waals surface area (Å²) in [6, 6.07) is 7.74. The van der Waals surface area contributed by atoms with Crippen molar-refractivity contribution in [3.05, 3.63) is 42.7 Å². The monoisotopic (exact) mass is 349 g/mol.